The zero-order valence-electron chi connectivity index (χ0n) is 52.1. The molecule has 10 atom stereocenters. The number of nitrogens with two attached hydrogens (primary N) is 2. The Morgan fingerprint density at radius 1 is 0.674 bits per heavy atom. The van der Waals surface area contributed by atoms with Gasteiger partial charge in [-0.2, -0.15) is 16.8 Å². The van der Waals surface area contributed by atoms with Crippen LogP contribution in [-0.4, -0.2) is 173 Å². The van der Waals surface area contributed by atoms with Crippen LogP contribution in [0.1, 0.15) is 112 Å². The van der Waals surface area contributed by atoms with Crippen LogP contribution in [0.15, 0.2) is 119 Å². The van der Waals surface area contributed by atoms with Gasteiger partial charge in [0.1, 0.15) is 47.8 Å². The molecule has 92 heavy (non-hydrogen) atoms. The van der Waals surface area contributed by atoms with Crippen LogP contribution in [0, 0.1) is 13.8 Å². The second-order valence-corrected chi connectivity index (χ2v) is 26.1. The van der Waals surface area contributed by atoms with Crippen molar-refractivity contribution in [3.63, 3.8) is 0 Å². The fraction of sp³-hybridized carbons (Fsp3) is 0.453. The second kappa shape index (κ2) is 33.5. The Morgan fingerprint density at radius 3 is 1.84 bits per heavy atom. The molecule has 3 saturated heterocycles. The minimum Gasteiger partial charge on any atom is -0.508 e. The third-order valence-corrected chi connectivity index (χ3v) is 17.6. The number of aliphatic hydroxyl groups is 2. The maximum absolute atomic E-state index is 14.4. The first-order valence-electron chi connectivity index (χ1n) is 30.5. The largest absolute Gasteiger partial charge is 0.508 e. The van der Waals surface area contributed by atoms with Crippen LogP contribution in [0.2, 0.25) is 0 Å². The summed E-state index contributed by atoms with van der Waals surface area (Å²) in [5.41, 5.74) is 15.6. The lowest BCUT2D eigenvalue weighted by Gasteiger charge is -2.34. The Kier molecular flexibility index (Phi) is 26.5. The zero-order chi connectivity index (χ0) is 67.6. The standard InChI is InChI=1S/C50H69N9O11.2C7H8O3S/c1-4-5-6-7-23-70-36-18-15-31-24-33(14-13-32(31)25-36)44(63)54-37-9-8-22-53-47(66)40-26-34(51)27-58(40)49(68)42(28(2)60)56-46(65)38(19-12-30-10-16-35(62)17-11-30)55-48(67)39-20-21-41(52)59(39)50(69)43(29(3)61)57-45(37)64;2*1-6-2-4-7(5-3-6)11(8,9)10/h10-11,13-18,24-25,28-29,34,37-43,60-62H,4-9,12,19-23,26-27,51-52H2,1-3H3,(H,53,66)(H,54,63)(H,55,67)(H,56,65)(H,57,64);2*2-5H,1H3,(H,8,9,10)/t28-,29+,34-,37-,38-,39-,40-,41+,42-,43-;;/m0../s1. The summed E-state index contributed by atoms with van der Waals surface area (Å²) in [6.07, 6.45) is 0.735. The summed E-state index contributed by atoms with van der Waals surface area (Å²) in [7, 11) is -8.04. The smallest absolute Gasteiger partial charge is 0.294 e. The summed E-state index contributed by atoms with van der Waals surface area (Å²) < 4.78 is 65.0. The van der Waals surface area contributed by atoms with Crippen molar-refractivity contribution >= 4 is 72.4 Å². The van der Waals surface area contributed by atoms with Gasteiger partial charge in [-0.25, -0.2) is 0 Å². The number of hydrogen-bond donors (Lipinski definition) is 12. The van der Waals surface area contributed by atoms with Crippen molar-refractivity contribution in [3.05, 3.63) is 131 Å². The summed E-state index contributed by atoms with van der Waals surface area (Å²) in [4.78, 5) is 101. The van der Waals surface area contributed by atoms with Crippen LogP contribution in [-0.2, 0) is 55.4 Å². The van der Waals surface area contributed by atoms with Gasteiger partial charge in [0.15, 0.2) is 0 Å². The lowest BCUT2D eigenvalue weighted by Crippen LogP contribution is -2.63. The average molecular weight is 1320 g/mol. The average Bonchev–Trinajstić information content (AvgIpc) is 1.90. The van der Waals surface area contributed by atoms with E-state index in [1.165, 1.54) is 55.1 Å². The van der Waals surface area contributed by atoms with E-state index in [1.54, 1.807) is 54.6 Å². The van der Waals surface area contributed by atoms with E-state index >= 15 is 0 Å². The molecule has 26 nitrogen and oxygen atoms in total. The molecular weight excluding hydrogens is 1230 g/mol. The number of phenols is 1. The number of benzene rings is 5. The summed E-state index contributed by atoms with van der Waals surface area (Å²) in [6, 6.07) is 19.9. The first kappa shape index (κ1) is 73.0. The molecule has 3 aliphatic heterocycles. The van der Waals surface area contributed by atoms with Gasteiger partial charge >= 0.3 is 0 Å². The normalized spacial score (nSPS) is 22.7. The van der Waals surface area contributed by atoms with Crippen molar-refractivity contribution in [2.24, 2.45) is 11.5 Å². The Morgan fingerprint density at radius 2 is 1.25 bits per heavy atom. The fourth-order valence-electron chi connectivity index (χ4n) is 10.6. The number of fused-ring (bicyclic) bond motifs is 3. The van der Waals surface area contributed by atoms with E-state index in [2.05, 4.69) is 33.5 Å². The van der Waals surface area contributed by atoms with Gasteiger partial charge in [-0.1, -0.05) is 85.8 Å². The molecule has 0 saturated carbocycles. The van der Waals surface area contributed by atoms with Gasteiger partial charge < -0.3 is 67.9 Å². The Hall–Kier alpha value is -8.09. The van der Waals surface area contributed by atoms with E-state index in [1.807, 2.05) is 32.0 Å². The van der Waals surface area contributed by atoms with E-state index in [0.717, 1.165) is 52.5 Å². The molecule has 0 aliphatic carbocycles. The molecule has 500 valence electrons. The molecule has 3 heterocycles. The van der Waals surface area contributed by atoms with E-state index in [9.17, 15) is 65.7 Å². The SMILES string of the molecule is CCCCCCOc1ccc2cc(C(=O)N[C@H]3CCCNC(=O)[C@@H]4C[C@H](N)CN4C(=O)[C@H]([C@H](C)O)NC(=O)[C@H](CCc4ccc(O)cc4)NC(=O)[C@@H]4CC[C@H](N)N4C(=O)[C@H]([C@@H](C)O)NC3=O)ccc2c1.Cc1ccc(S(=O)(=O)O)cc1.Cc1ccc(S(=O)(=O)O)cc1. The van der Waals surface area contributed by atoms with Crippen LogP contribution < -0.4 is 42.8 Å². The molecule has 5 aromatic carbocycles. The van der Waals surface area contributed by atoms with E-state index in [4.69, 9.17) is 25.3 Å². The van der Waals surface area contributed by atoms with Crippen molar-refractivity contribution in [2.45, 2.75) is 176 Å². The molecule has 0 aromatic heterocycles. The Labute approximate surface area is 535 Å². The highest BCUT2D eigenvalue weighted by Crippen LogP contribution is 2.26. The number of amides is 7. The van der Waals surface area contributed by atoms with Gasteiger partial charge in [-0.3, -0.25) is 42.7 Å². The molecule has 0 radical (unpaired) electrons. The number of hydrogen-bond acceptors (Lipinski definition) is 17. The van der Waals surface area contributed by atoms with E-state index in [-0.39, 0.29) is 79.1 Å². The number of rotatable bonds is 15. The predicted octanol–water partition coefficient (Wildman–Crippen LogP) is 3.05. The van der Waals surface area contributed by atoms with Crippen molar-refractivity contribution < 1.29 is 79.6 Å². The number of ether oxygens (including phenoxy) is 1. The highest BCUT2D eigenvalue weighted by atomic mass is 32.2. The lowest BCUT2D eigenvalue weighted by molar-refractivity contribution is -0.146. The van der Waals surface area contributed by atoms with Crippen LogP contribution in [0.3, 0.4) is 0 Å². The van der Waals surface area contributed by atoms with Crippen LogP contribution in [0.5, 0.6) is 11.5 Å². The van der Waals surface area contributed by atoms with Crippen molar-refractivity contribution in [1.82, 2.24) is 36.4 Å². The molecule has 5 aromatic rings. The Bertz CT molecular complexity index is 3520. The number of phenolic OH excluding ortho intramolecular Hbond substituents is 1. The van der Waals surface area contributed by atoms with Gasteiger partial charge in [-0.15, -0.1) is 0 Å². The monoisotopic (exact) mass is 1320 g/mol. The first-order valence-corrected chi connectivity index (χ1v) is 33.4. The van der Waals surface area contributed by atoms with Gasteiger partial charge in [0.25, 0.3) is 26.1 Å². The number of aromatic hydroxyl groups is 1. The molecule has 7 amide bonds. The maximum Gasteiger partial charge on any atom is 0.294 e. The zero-order valence-corrected chi connectivity index (χ0v) is 53.7. The topological polar surface area (TPSA) is 417 Å². The summed E-state index contributed by atoms with van der Waals surface area (Å²) in [5, 5.41) is 46.8. The molecule has 8 rings (SSSR count). The minimum atomic E-state index is -4.02. The summed E-state index contributed by atoms with van der Waals surface area (Å²) >= 11 is 0. The van der Waals surface area contributed by atoms with Crippen LogP contribution in [0.25, 0.3) is 10.8 Å². The number of unbranched alkanes of at least 4 members (excludes halogenated alkanes) is 3. The molecule has 0 unspecified atom stereocenters. The first-order chi connectivity index (χ1) is 43.4. The quantitative estimate of drug-likeness (QED) is 0.0529. The van der Waals surface area contributed by atoms with Crippen LogP contribution in [0.4, 0.5) is 0 Å². The number of nitrogens with one attached hydrogen (secondary N) is 5. The van der Waals surface area contributed by atoms with Gasteiger partial charge in [0, 0.05) is 24.7 Å². The fourth-order valence-corrected chi connectivity index (χ4v) is 11.6. The van der Waals surface area contributed by atoms with Crippen molar-refractivity contribution in [3.8, 4) is 11.5 Å². The van der Waals surface area contributed by atoms with Gasteiger partial charge in [0.05, 0.1) is 34.8 Å². The number of aliphatic hydroxyl groups excluding tert-OH is 2. The highest BCUT2D eigenvalue weighted by molar-refractivity contribution is 7.86. The second-order valence-electron chi connectivity index (χ2n) is 23.3. The minimum absolute atomic E-state index is 0.0170. The third-order valence-electron chi connectivity index (χ3n) is 15.9. The molecule has 28 heteroatoms. The predicted molar refractivity (Wildman–Crippen MR) is 341 cm³/mol. The van der Waals surface area contributed by atoms with Crippen molar-refractivity contribution in [1.29, 1.82) is 0 Å². The highest BCUT2D eigenvalue weighted by Gasteiger charge is 2.46. The summed E-state index contributed by atoms with van der Waals surface area (Å²) in [6.45, 7) is 8.90. The molecular formula is C64H85N9O17S2. The lowest BCUT2D eigenvalue weighted by atomic mass is 10.0. The summed E-state index contributed by atoms with van der Waals surface area (Å²) in [5.74, 6) is -4.63. The number of carbonyl (C=O) groups is 7. The molecule has 0 bridgehead atoms. The third kappa shape index (κ3) is 21.0. The van der Waals surface area contributed by atoms with Gasteiger partial charge in [-0.05, 0) is 156 Å². The van der Waals surface area contributed by atoms with Gasteiger partial charge in [0.2, 0.25) is 35.4 Å². The molecule has 14 N–H and O–H groups in total. The molecule has 3 fully saturated rings. The van der Waals surface area contributed by atoms with E-state index < -0.39 is 122 Å². The van der Waals surface area contributed by atoms with Crippen molar-refractivity contribution in [2.75, 3.05) is 19.7 Å². The van der Waals surface area contributed by atoms with Crippen LogP contribution >= 0.6 is 0 Å². The maximum atomic E-state index is 14.4. The molecule has 3 aliphatic rings. The number of aryl methyl sites for hydroxylation is 3. The number of carbonyl (C=O) groups excluding carboxylic acids is 7. The van der Waals surface area contributed by atoms with E-state index in [0.29, 0.717) is 17.9 Å². The molecule has 0 spiro atoms. The Balaban J connectivity index is 0.000000510. The number of nitrogens with zero attached hydrogens (tertiary/aromatic N) is 2.